The summed E-state index contributed by atoms with van der Waals surface area (Å²) < 4.78 is 39.8. The molecule has 6 rings (SSSR count). The van der Waals surface area contributed by atoms with Crippen molar-refractivity contribution < 1.29 is 23.0 Å². The number of thiazole rings is 1. The fourth-order valence-electron chi connectivity index (χ4n) is 4.39. The Labute approximate surface area is 208 Å². The fourth-order valence-corrected chi connectivity index (χ4v) is 6.04. The van der Waals surface area contributed by atoms with E-state index in [1.807, 2.05) is 23.6 Å². The van der Waals surface area contributed by atoms with Gasteiger partial charge in [0.05, 0.1) is 31.5 Å². The zero-order valence-corrected chi connectivity index (χ0v) is 20.9. The summed E-state index contributed by atoms with van der Waals surface area (Å²) in [5.41, 5.74) is 0.667. The van der Waals surface area contributed by atoms with E-state index in [4.69, 9.17) is 18.6 Å². The van der Waals surface area contributed by atoms with Crippen LogP contribution in [0.15, 0.2) is 34.2 Å². The highest BCUT2D eigenvalue weighted by atomic mass is 32.1. The largest absolute Gasteiger partial charge is 0.496 e. The van der Waals surface area contributed by atoms with E-state index in [0.29, 0.717) is 62.2 Å². The molecule has 1 aliphatic carbocycles. The number of alkyl halides is 1. The second kappa shape index (κ2) is 8.80. The number of halogens is 1. The number of hydrogen-bond acceptors (Lipinski definition) is 9. The average Bonchev–Trinajstić information content (AvgIpc) is 3.65. The maximum atomic E-state index is 15.3. The third-order valence-corrected chi connectivity index (χ3v) is 8.17. The van der Waals surface area contributed by atoms with Gasteiger partial charge in [0.1, 0.15) is 34.4 Å². The fraction of sp³-hybridized carbons (Fsp3) is 0.375. The third-order valence-electron chi connectivity index (χ3n) is 6.22. The summed E-state index contributed by atoms with van der Waals surface area (Å²) in [6.45, 7) is 0.222. The minimum atomic E-state index is -1.30. The van der Waals surface area contributed by atoms with Gasteiger partial charge in [-0.2, -0.15) is 0 Å². The zero-order valence-electron chi connectivity index (χ0n) is 19.2. The number of nitrogens with zero attached hydrogens (tertiary/aromatic N) is 4. The summed E-state index contributed by atoms with van der Waals surface area (Å²) in [6, 6.07) is 5.51. The van der Waals surface area contributed by atoms with E-state index in [1.165, 1.54) is 22.7 Å². The third kappa shape index (κ3) is 4.12. The quantitative estimate of drug-likeness (QED) is 0.249. The van der Waals surface area contributed by atoms with Crippen molar-refractivity contribution in [2.75, 3.05) is 14.2 Å². The van der Waals surface area contributed by atoms with Crippen LogP contribution in [-0.2, 0) is 12.3 Å². The Morgan fingerprint density at radius 2 is 1.97 bits per heavy atom. The number of rotatable bonds is 7. The lowest BCUT2D eigenvalue weighted by atomic mass is 9.87. The minimum absolute atomic E-state index is 0.222. The molecule has 5 aromatic rings. The van der Waals surface area contributed by atoms with Crippen molar-refractivity contribution >= 4 is 38.6 Å². The van der Waals surface area contributed by atoms with Gasteiger partial charge in [0.25, 0.3) is 5.19 Å². The van der Waals surface area contributed by atoms with Crippen LogP contribution in [0.4, 0.5) is 4.39 Å². The van der Waals surface area contributed by atoms with Gasteiger partial charge in [-0.1, -0.05) is 6.42 Å². The average molecular weight is 515 g/mol. The number of imidazole rings is 1. The van der Waals surface area contributed by atoms with Crippen molar-refractivity contribution in [1.29, 1.82) is 0 Å². The number of hydrogen-bond donors (Lipinski definition) is 0. The molecule has 4 heterocycles. The van der Waals surface area contributed by atoms with Crippen molar-refractivity contribution in [3.63, 3.8) is 0 Å². The van der Waals surface area contributed by atoms with Gasteiger partial charge in [-0.05, 0) is 43.1 Å². The van der Waals surface area contributed by atoms with Gasteiger partial charge in [-0.15, -0.1) is 16.4 Å². The lowest BCUT2D eigenvalue weighted by Gasteiger charge is -2.27. The molecule has 182 valence electrons. The summed E-state index contributed by atoms with van der Waals surface area (Å²) in [5.74, 6) is 1.79. The first-order valence-corrected chi connectivity index (χ1v) is 13.0. The summed E-state index contributed by atoms with van der Waals surface area (Å²) in [4.78, 5) is 9.86. The van der Waals surface area contributed by atoms with Crippen LogP contribution < -0.4 is 14.2 Å². The molecule has 0 atom stereocenters. The Bertz CT molecular complexity index is 1470. The van der Waals surface area contributed by atoms with Gasteiger partial charge >= 0.3 is 0 Å². The molecule has 0 bridgehead atoms. The number of furan rings is 1. The van der Waals surface area contributed by atoms with E-state index in [0.717, 1.165) is 24.6 Å². The van der Waals surface area contributed by atoms with Crippen LogP contribution in [0.1, 0.15) is 42.8 Å². The molecular weight excluding hydrogens is 491 g/mol. The van der Waals surface area contributed by atoms with E-state index < -0.39 is 5.67 Å². The Balaban J connectivity index is 1.27. The van der Waals surface area contributed by atoms with Gasteiger partial charge in [-0.25, -0.2) is 18.9 Å². The SMILES string of the molecule is COc1cc(OCc2csc(C3(F)CCCCC3)n2)c2cc(-c3cn4nc(OC)sc4n3)oc2c1. The molecular formula is C24H23FN4O4S2. The second-order valence-electron chi connectivity index (χ2n) is 8.53. The first-order chi connectivity index (χ1) is 17.0. The summed E-state index contributed by atoms with van der Waals surface area (Å²) in [7, 11) is 3.17. The molecule has 0 saturated heterocycles. The van der Waals surface area contributed by atoms with Crippen molar-refractivity contribution in [3.8, 4) is 28.1 Å². The summed E-state index contributed by atoms with van der Waals surface area (Å²) >= 11 is 2.72. The molecule has 0 unspecified atom stereocenters. The maximum Gasteiger partial charge on any atom is 0.294 e. The van der Waals surface area contributed by atoms with Crippen LogP contribution in [-0.4, -0.2) is 33.8 Å². The minimum Gasteiger partial charge on any atom is -0.496 e. The smallest absolute Gasteiger partial charge is 0.294 e. The van der Waals surface area contributed by atoms with Gasteiger partial charge in [-0.3, -0.25) is 0 Å². The van der Waals surface area contributed by atoms with Crippen LogP contribution in [0.25, 0.3) is 27.4 Å². The van der Waals surface area contributed by atoms with E-state index >= 15 is 4.39 Å². The van der Waals surface area contributed by atoms with E-state index in [-0.39, 0.29) is 6.61 Å². The molecule has 4 aromatic heterocycles. The lowest BCUT2D eigenvalue weighted by molar-refractivity contribution is 0.105. The molecule has 0 radical (unpaired) electrons. The monoisotopic (exact) mass is 514 g/mol. The number of ether oxygens (including phenoxy) is 3. The van der Waals surface area contributed by atoms with Gasteiger partial charge in [0.2, 0.25) is 4.96 Å². The number of methoxy groups -OCH3 is 2. The van der Waals surface area contributed by atoms with Crippen molar-refractivity contribution in [2.24, 2.45) is 0 Å². The van der Waals surface area contributed by atoms with E-state index in [1.54, 1.807) is 24.9 Å². The predicted octanol–water partition coefficient (Wildman–Crippen LogP) is 6.39. The normalized spacial score (nSPS) is 15.6. The Morgan fingerprint density at radius 3 is 2.74 bits per heavy atom. The Hall–Kier alpha value is -3.18. The highest BCUT2D eigenvalue weighted by Crippen LogP contribution is 2.42. The molecule has 1 aliphatic rings. The second-order valence-corrected chi connectivity index (χ2v) is 10.3. The van der Waals surface area contributed by atoms with Crippen LogP contribution in [0.2, 0.25) is 0 Å². The number of aromatic nitrogens is 4. The lowest BCUT2D eigenvalue weighted by Crippen LogP contribution is -2.23. The van der Waals surface area contributed by atoms with Crippen molar-refractivity contribution in [2.45, 2.75) is 44.4 Å². The number of fused-ring (bicyclic) bond motifs is 2. The predicted molar refractivity (Wildman–Crippen MR) is 131 cm³/mol. The van der Waals surface area contributed by atoms with Crippen LogP contribution in [0.5, 0.6) is 16.7 Å². The van der Waals surface area contributed by atoms with Crippen LogP contribution in [0.3, 0.4) is 0 Å². The molecule has 0 N–H and O–H groups in total. The first kappa shape index (κ1) is 22.3. The van der Waals surface area contributed by atoms with E-state index in [9.17, 15) is 0 Å². The molecule has 1 saturated carbocycles. The summed E-state index contributed by atoms with van der Waals surface area (Å²) in [6.07, 6.45) is 5.79. The molecule has 11 heteroatoms. The van der Waals surface area contributed by atoms with Gasteiger partial charge < -0.3 is 18.6 Å². The first-order valence-electron chi connectivity index (χ1n) is 11.3. The van der Waals surface area contributed by atoms with E-state index in [2.05, 4.69) is 15.1 Å². The van der Waals surface area contributed by atoms with Gasteiger partial charge in [0.15, 0.2) is 11.4 Å². The molecule has 8 nitrogen and oxygen atoms in total. The molecule has 1 fully saturated rings. The van der Waals surface area contributed by atoms with Crippen LogP contribution >= 0.6 is 22.7 Å². The maximum absolute atomic E-state index is 15.3. The van der Waals surface area contributed by atoms with Gasteiger partial charge in [0, 0.05) is 17.5 Å². The Kier molecular flexibility index (Phi) is 5.60. The van der Waals surface area contributed by atoms with Crippen LogP contribution in [0, 0.1) is 0 Å². The molecule has 1 aromatic carbocycles. The molecule has 0 amide bonds. The molecule has 0 spiro atoms. The Morgan fingerprint density at radius 1 is 1.11 bits per heavy atom. The molecule has 0 aliphatic heterocycles. The topological polar surface area (TPSA) is 83.9 Å². The summed E-state index contributed by atoms with van der Waals surface area (Å²) in [5, 5.41) is 8.07. The van der Waals surface area contributed by atoms with Crippen molar-refractivity contribution in [1.82, 2.24) is 19.6 Å². The standard InChI is InChI=1S/C24H23FN4O4S2/c1-30-15-8-18(32-12-14-13-34-21(26-14)24(25)6-4-3-5-7-24)16-10-20(33-19(16)9-15)17-11-29-22(27-17)35-23(28-29)31-2/h8-11,13H,3-7,12H2,1-2H3. The zero-order chi connectivity index (χ0) is 24.0. The van der Waals surface area contributed by atoms with Crippen molar-refractivity contribution in [3.05, 3.63) is 40.5 Å². The highest BCUT2D eigenvalue weighted by Gasteiger charge is 2.36. The number of benzene rings is 1. The highest BCUT2D eigenvalue weighted by molar-refractivity contribution is 7.18. The molecule has 35 heavy (non-hydrogen) atoms.